The van der Waals surface area contributed by atoms with Crippen LogP contribution in [0.4, 0.5) is 4.39 Å². The largest absolute Gasteiger partial charge is 0.351 e. The summed E-state index contributed by atoms with van der Waals surface area (Å²) in [6.45, 7) is 4.93. The van der Waals surface area contributed by atoms with Crippen molar-refractivity contribution in [2.45, 2.75) is 46.0 Å². The molecule has 0 radical (unpaired) electrons. The zero-order chi connectivity index (χ0) is 17.1. The molecule has 1 N–H and O–H groups in total. The Labute approximate surface area is 142 Å². The molecule has 1 aliphatic rings. The molecule has 0 spiro atoms. The van der Waals surface area contributed by atoms with E-state index < -0.39 is 0 Å². The van der Waals surface area contributed by atoms with Crippen molar-refractivity contribution in [3.05, 3.63) is 47.0 Å². The Morgan fingerprint density at radius 3 is 2.67 bits per heavy atom. The third kappa shape index (κ3) is 3.50. The topological polar surface area (TPSA) is 46.9 Å². The predicted molar refractivity (Wildman–Crippen MR) is 92.0 cm³/mol. The molecule has 2 aromatic rings. The molecule has 0 fully saturated rings. The maximum absolute atomic E-state index is 13.2. The molecule has 1 aromatic heterocycles. The van der Waals surface area contributed by atoms with Gasteiger partial charge in [0.1, 0.15) is 5.82 Å². The van der Waals surface area contributed by atoms with Gasteiger partial charge >= 0.3 is 0 Å². The van der Waals surface area contributed by atoms with E-state index in [-0.39, 0.29) is 11.7 Å². The van der Waals surface area contributed by atoms with Crippen molar-refractivity contribution in [2.75, 3.05) is 6.54 Å². The number of amides is 1. The molecule has 1 aliphatic carbocycles. The fraction of sp³-hybridized carbons (Fsp3) is 0.474. The summed E-state index contributed by atoms with van der Waals surface area (Å²) in [4.78, 5) is 12.5. The number of rotatable bonds is 5. The lowest BCUT2D eigenvalue weighted by atomic mass is 9.95. The summed E-state index contributed by atoms with van der Waals surface area (Å²) in [6.07, 6.45) is 4.90. The van der Waals surface area contributed by atoms with Gasteiger partial charge in [0.2, 0.25) is 0 Å². The van der Waals surface area contributed by atoms with Gasteiger partial charge in [-0.25, -0.2) is 9.07 Å². The minimum absolute atomic E-state index is 0.102. The Morgan fingerprint density at radius 2 is 1.96 bits per heavy atom. The van der Waals surface area contributed by atoms with Crippen LogP contribution in [0.1, 0.15) is 54.9 Å². The van der Waals surface area contributed by atoms with E-state index in [4.69, 9.17) is 0 Å². The first-order valence-electron chi connectivity index (χ1n) is 8.71. The highest BCUT2D eigenvalue weighted by atomic mass is 19.1. The van der Waals surface area contributed by atoms with Crippen LogP contribution in [-0.2, 0) is 12.8 Å². The minimum atomic E-state index is -0.272. The third-order valence-corrected chi connectivity index (χ3v) is 4.47. The van der Waals surface area contributed by atoms with Gasteiger partial charge < -0.3 is 5.32 Å². The zero-order valence-corrected chi connectivity index (χ0v) is 14.3. The van der Waals surface area contributed by atoms with Gasteiger partial charge in [0.15, 0.2) is 5.69 Å². The van der Waals surface area contributed by atoms with Crippen LogP contribution in [0.15, 0.2) is 24.3 Å². The summed E-state index contributed by atoms with van der Waals surface area (Å²) in [5, 5.41) is 7.55. The van der Waals surface area contributed by atoms with Crippen LogP contribution in [-0.4, -0.2) is 22.2 Å². The first kappa shape index (κ1) is 16.7. The third-order valence-electron chi connectivity index (χ3n) is 4.47. The highest BCUT2D eigenvalue weighted by molar-refractivity contribution is 5.94. The number of nitrogens with one attached hydrogen (secondary N) is 1. The number of hydrogen-bond donors (Lipinski definition) is 1. The first-order valence-corrected chi connectivity index (χ1v) is 8.71. The van der Waals surface area contributed by atoms with Crippen LogP contribution in [0, 0.1) is 11.7 Å². The molecule has 1 amide bonds. The molecule has 0 saturated carbocycles. The Morgan fingerprint density at radius 1 is 1.25 bits per heavy atom. The van der Waals surface area contributed by atoms with Gasteiger partial charge in [0.25, 0.3) is 5.91 Å². The molecule has 1 aromatic carbocycles. The molecular formula is C19H24FN3O. The van der Waals surface area contributed by atoms with Crippen LogP contribution in [0.2, 0.25) is 0 Å². The molecule has 3 rings (SSSR count). The summed E-state index contributed by atoms with van der Waals surface area (Å²) >= 11 is 0. The van der Waals surface area contributed by atoms with Crippen molar-refractivity contribution >= 4 is 5.91 Å². The van der Waals surface area contributed by atoms with Crippen LogP contribution < -0.4 is 5.32 Å². The second-order valence-corrected chi connectivity index (χ2v) is 6.81. The van der Waals surface area contributed by atoms with Gasteiger partial charge in [-0.1, -0.05) is 13.8 Å². The number of fused-ring (bicyclic) bond motifs is 1. The van der Waals surface area contributed by atoms with E-state index >= 15 is 0 Å². The molecule has 4 nitrogen and oxygen atoms in total. The molecular weight excluding hydrogens is 305 g/mol. The Balaban J connectivity index is 1.90. The predicted octanol–water partition coefficient (Wildman–Crippen LogP) is 3.67. The number of aromatic nitrogens is 2. The molecule has 5 heteroatoms. The summed E-state index contributed by atoms with van der Waals surface area (Å²) in [5.41, 5.74) is 3.46. The maximum Gasteiger partial charge on any atom is 0.272 e. The summed E-state index contributed by atoms with van der Waals surface area (Å²) in [7, 11) is 0. The fourth-order valence-corrected chi connectivity index (χ4v) is 3.14. The van der Waals surface area contributed by atoms with Crippen molar-refractivity contribution in [1.82, 2.24) is 15.1 Å². The lowest BCUT2D eigenvalue weighted by Gasteiger charge is -2.14. The Hall–Kier alpha value is -2.17. The number of carbonyl (C=O) groups excluding carboxylic acids is 1. The van der Waals surface area contributed by atoms with Gasteiger partial charge in [-0.2, -0.15) is 5.10 Å². The van der Waals surface area contributed by atoms with Crippen molar-refractivity contribution in [1.29, 1.82) is 0 Å². The number of carbonyl (C=O) groups is 1. The number of halogens is 1. The summed E-state index contributed by atoms with van der Waals surface area (Å²) in [6, 6.07) is 6.26. The molecule has 24 heavy (non-hydrogen) atoms. The lowest BCUT2D eigenvalue weighted by molar-refractivity contribution is 0.0945. The molecule has 1 heterocycles. The minimum Gasteiger partial charge on any atom is -0.351 e. The smallest absolute Gasteiger partial charge is 0.272 e. The maximum atomic E-state index is 13.2. The fourth-order valence-electron chi connectivity index (χ4n) is 3.14. The lowest BCUT2D eigenvalue weighted by Crippen LogP contribution is -2.27. The zero-order valence-electron chi connectivity index (χ0n) is 14.3. The summed E-state index contributed by atoms with van der Waals surface area (Å²) < 4.78 is 15.0. The molecule has 0 aliphatic heterocycles. The highest BCUT2D eigenvalue weighted by Crippen LogP contribution is 2.27. The van der Waals surface area contributed by atoms with E-state index in [9.17, 15) is 9.18 Å². The monoisotopic (exact) mass is 329 g/mol. The molecule has 0 saturated heterocycles. The first-order chi connectivity index (χ1) is 11.6. The van der Waals surface area contributed by atoms with E-state index in [0.29, 0.717) is 18.2 Å². The Kier molecular flexibility index (Phi) is 4.97. The van der Waals surface area contributed by atoms with Gasteiger partial charge in [0.05, 0.1) is 5.69 Å². The summed E-state index contributed by atoms with van der Waals surface area (Å²) in [5.74, 6) is 0.178. The average Bonchev–Trinajstić information content (AvgIpc) is 2.95. The van der Waals surface area contributed by atoms with Crippen molar-refractivity contribution in [3.63, 3.8) is 0 Å². The average molecular weight is 329 g/mol. The van der Waals surface area contributed by atoms with Gasteiger partial charge in [0, 0.05) is 17.8 Å². The van der Waals surface area contributed by atoms with E-state index in [1.807, 2.05) is 4.68 Å². The molecule has 0 bridgehead atoms. The van der Waals surface area contributed by atoms with Crippen LogP contribution in [0.3, 0.4) is 0 Å². The highest BCUT2D eigenvalue weighted by Gasteiger charge is 2.25. The van der Waals surface area contributed by atoms with Crippen molar-refractivity contribution in [3.8, 4) is 5.69 Å². The van der Waals surface area contributed by atoms with E-state index in [1.165, 1.54) is 12.1 Å². The van der Waals surface area contributed by atoms with E-state index in [1.54, 1.807) is 12.1 Å². The quantitative estimate of drug-likeness (QED) is 0.910. The van der Waals surface area contributed by atoms with E-state index in [2.05, 4.69) is 24.3 Å². The standard InChI is InChI=1S/C19H24FN3O/c1-13(2)11-12-21-19(24)18-16-5-3-4-6-17(16)23(22-18)15-9-7-14(20)8-10-15/h7-10,13H,3-6,11-12H2,1-2H3,(H,21,24). The van der Waals surface area contributed by atoms with Gasteiger partial charge in [-0.05, 0) is 62.3 Å². The van der Waals surface area contributed by atoms with Crippen LogP contribution >= 0.6 is 0 Å². The van der Waals surface area contributed by atoms with Gasteiger partial charge in [-0.15, -0.1) is 0 Å². The van der Waals surface area contributed by atoms with Crippen LogP contribution in [0.5, 0.6) is 0 Å². The van der Waals surface area contributed by atoms with Crippen molar-refractivity contribution < 1.29 is 9.18 Å². The van der Waals surface area contributed by atoms with E-state index in [0.717, 1.165) is 49.0 Å². The molecule has 128 valence electrons. The molecule has 0 atom stereocenters. The number of hydrogen-bond acceptors (Lipinski definition) is 2. The van der Waals surface area contributed by atoms with Crippen LogP contribution in [0.25, 0.3) is 5.69 Å². The van der Waals surface area contributed by atoms with Crippen molar-refractivity contribution in [2.24, 2.45) is 5.92 Å². The van der Waals surface area contributed by atoms with Gasteiger partial charge in [-0.3, -0.25) is 4.79 Å². The number of nitrogens with zero attached hydrogens (tertiary/aromatic N) is 2. The number of benzene rings is 1. The molecule has 0 unspecified atom stereocenters. The second kappa shape index (κ2) is 7.16. The SMILES string of the molecule is CC(C)CCNC(=O)c1nn(-c2ccc(F)cc2)c2c1CCCC2. The second-order valence-electron chi connectivity index (χ2n) is 6.81. The normalized spacial score (nSPS) is 13.8. The Bertz CT molecular complexity index is 719.